The summed E-state index contributed by atoms with van der Waals surface area (Å²) in [6, 6.07) is 10.7. The van der Waals surface area contributed by atoms with Crippen LogP contribution in [0, 0.1) is 0 Å². The van der Waals surface area contributed by atoms with E-state index in [1.54, 1.807) is 0 Å². The number of hydrogen-bond acceptors (Lipinski definition) is 1. The molecular weight excluding hydrogens is 206 g/mol. The maximum absolute atomic E-state index is 3.94. The Morgan fingerprint density at radius 3 is 2.47 bits per heavy atom. The fourth-order valence-corrected chi connectivity index (χ4v) is 2.05. The molecule has 0 bridgehead atoms. The summed E-state index contributed by atoms with van der Waals surface area (Å²) in [4.78, 5) is 0. The van der Waals surface area contributed by atoms with Crippen molar-refractivity contribution < 1.29 is 0 Å². The van der Waals surface area contributed by atoms with E-state index < -0.39 is 0 Å². The zero-order valence-corrected chi connectivity index (χ0v) is 11.4. The van der Waals surface area contributed by atoms with Gasteiger partial charge in [0, 0.05) is 5.54 Å². The molecule has 1 aromatic rings. The van der Waals surface area contributed by atoms with Gasteiger partial charge in [0.15, 0.2) is 0 Å². The summed E-state index contributed by atoms with van der Waals surface area (Å²) in [7, 11) is 0. The van der Waals surface area contributed by atoms with E-state index in [0.29, 0.717) is 0 Å². The monoisotopic (exact) mass is 231 g/mol. The highest BCUT2D eigenvalue weighted by Gasteiger charge is 2.20. The lowest BCUT2D eigenvalue weighted by molar-refractivity contribution is 0.331. The first-order valence-electron chi connectivity index (χ1n) is 6.54. The van der Waals surface area contributed by atoms with Gasteiger partial charge in [-0.2, -0.15) is 0 Å². The summed E-state index contributed by atoms with van der Waals surface area (Å²) in [6.45, 7) is 10.7. The Hall–Kier alpha value is -1.08. The van der Waals surface area contributed by atoms with Gasteiger partial charge in [-0.1, -0.05) is 56.2 Å². The summed E-state index contributed by atoms with van der Waals surface area (Å²) in [5, 5.41) is 3.68. The highest BCUT2D eigenvalue weighted by Crippen LogP contribution is 2.21. The quantitative estimate of drug-likeness (QED) is 0.683. The van der Waals surface area contributed by atoms with Gasteiger partial charge in [-0.25, -0.2) is 0 Å². The van der Waals surface area contributed by atoms with Gasteiger partial charge in [-0.3, -0.25) is 0 Å². The van der Waals surface area contributed by atoms with Crippen molar-refractivity contribution in [3.05, 3.63) is 48.6 Å². The second-order valence-corrected chi connectivity index (χ2v) is 5.26. The van der Waals surface area contributed by atoms with Crippen molar-refractivity contribution in [3.63, 3.8) is 0 Å². The summed E-state index contributed by atoms with van der Waals surface area (Å²) < 4.78 is 0. The second kappa shape index (κ2) is 6.61. The number of benzene rings is 1. The van der Waals surface area contributed by atoms with Crippen LogP contribution in [0.4, 0.5) is 0 Å². The van der Waals surface area contributed by atoms with E-state index in [1.807, 2.05) is 12.1 Å². The van der Waals surface area contributed by atoms with Crippen molar-refractivity contribution >= 4 is 0 Å². The van der Waals surface area contributed by atoms with Gasteiger partial charge >= 0.3 is 0 Å². The standard InChI is InChI=1S/C16H25N/c1-5-7-13-16(3,4)17-15(6-2)14-11-9-8-10-12-14/h6,8-12,15,17H,2,5,7,13H2,1,3-4H3. The van der Waals surface area contributed by atoms with E-state index in [4.69, 9.17) is 0 Å². The SMILES string of the molecule is C=CC(NC(C)(C)CCCC)c1ccccc1. The van der Waals surface area contributed by atoms with Crippen LogP contribution in [0.2, 0.25) is 0 Å². The molecule has 1 N–H and O–H groups in total. The van der Waals surface area contributed by atoms with Gasteiger partial charge in [-0.15, -0.1) is 6.58 Å². The van der Waals surface area contributed by atoms with Crippen LogP contribution in [0.3, 0.4) is 0 Å². The fraction of sp³-hybridized carbons (Fsp3) is 0.500. The first kappa shape index (κ1) is 14.0. The molecule has 1 heteroatoms. The van der Waals surface area contributed by atoms with Crippen molar-refractivity contribution in [2.24, 2.45) is 0 Å². The lowest BCUT2D eigenvalue weighted by Crippen LogP contribution is -2.41. The predicted molar refractivity (Wildman–Crippen MR) is 76.1 cm³/mol. The summed E-state index contributed by atoms with van der Waals surface area (Å²) in [5.74, 6) is 0. The number of rotatable bonds is 7. The smallest absolute Gasteiger partial charge is 0.0507 e. The highest BCUT2D eigenvalue weighted by molar-refractivity contribution is 5.22. The van der Waals surface area contributed by atoms with Crippen LogP contribution in [0.5, 0.6) is 0 Å². The second-order valence-electron chi connectivity index (χ2n) is 5.26. The van der Waals surface area contributed by atoms with Crippen LogP contribution in [0.1, 0.15) is 51.6 Å². The van der Waals surface area contributed by atoms with E-state index >= 15 is 0 Å². The topological polar surface area (TPSA) is 12.0 Å². The third-order valence-corrected chi connectivity index (χ3v) is 3.10. The Morgan fingerprint density at radius 2 is 1.94 bits per heavy atom. The molecule has 1 nitrogen and oxygen atoms in total. The molecule has 0 aliphatic heterocycles. The van der Waals surface area contributed by atoms with Gasteiger partial charge in [0.2, 0.25) is 0 Å². The Kier molecular flexibility index (Phi) is 5.43. The van der Waals surface area contributed by atoms with Crippen LogP contribution >= 0.6 is 0 Å². The fourth-order valence-electron chi connectivity index (χ4n) is 2.05. The molecule has 1 atom stereocenters. The molecule has 0 saturated heterocycles. The predicted octanol–water partition coefficient (Wildman–Crippen LogP) is 4.47. The van der Waals surface area contributed by atoms with Crippen molar-refractivity contribution in [2.75, 3.05) is 0 Å². The van der Waals surface area contributed by atoms with Crippen LogP contribution in [-0.4, -0.2) is 5.54 Å². The third kappa shape index (κ3) is 4.74. The van der Waals surface area contributed by atoms with Crippen molar-refractivity contribution in [2.45, 2.75) is 51.6 Å². The van der Waals surface area contributed by atoms with Crippen LogP contribution in [0.25, 0.3) is 0 Å². The van der Waals surface area contributed by atoms with Crippen LogP contribution in [-0.2, 0) is 0 Å². The minimum atomic E-state index is 0.157. The molecule has 0 amide bonds. The number of nitrogens with one attached hydrogen (secondary N) is 1. The maximum Gasteiger partial charge on any atom is 0.0507 e. The molecule has 17 heavy (non-hydrogen) atoms. The lowest BCUT2D eigenvalue weighted by atomic mass is 9.94. The summed E-state index contributed by atoms with van der Waals surface area (Å²) >= 11 is 0. The highest BCUT2D eigenvalue weighted by atomic mass is 15.0. The minimum absolute atomic E-state index is 0.157. The van der Waals surface area contributed by atoms with Crippen molar-refractivity contribution in [1.82, 2.24) is 5.32 Å². The average Bonchev–Trinajstić information content (AvgIpc) is 2.35. The van der Waals surface area contributed by atoms with Crippen molar-refractivity contribution in [1.29, 1.82) is 0 Å². The third-order valence-electron chi connectivity index (χ3n) is 3.10. The molecule has 0 fully saturated rings. The molecule has 0 saturated carbocycles. The Bertz CT molecular complexity index is 327. The first-order chi connectivity index (χ1) is 8.09. The molecular formula is C16H25N. The van der Waals surface area contributed by atoms with Gasteiger partial charge in [0.05, 0.1) is 6.04 Å². The molecule has 0 radical (unpaired) electrons. The van der Waals surface area contributed by atoms with E-state index in [0.717, 1.165) is 0 Å². The van der Waals surface area contributed by atoms with E-state index in [9.17, 15) is 0 Å². The van der Waals surface area contributed by atoms with Gasteiger partial charge in [0.25, 0.3) is 0 Å². The molecule has 0 heterocycles. The molecule has 0 spiro atoms. The van der Waals surface area contributed by atoms with Crippen LogP contribution in [0.15, 0.2) is 43.0 Å². The van der Waals surface area contributed by atoms with E-state index in [2.05, 4.69) is 56.9 Å². The summed E-state index contributed by atoms with van der Waals surface area (Å²) in [5.41, 5.74) is 1.44. The zero-order valence-electron chi connectivity index (χ0n) is 11.4. The Labute approximate surface area is 106 Å². The largest absolute Gasteiger partial charge is 0.302 e. The molecule has 94 valence electrons. The minimum Gasteiger partial charge on any atom is -0.302 e. The number of unbranched alkanes of at least 4 members (excludes halogenated alkanes) is 1. The number of hydrogen-bond donors (Lipinski definition) is 1. The first-order valence-corrected chi connectivity index (χ1v) is 6.54. The lowest BCUT2D eigenvalue weighted by Gasteiger charge is -2.31. The molecule has 1 rings (SSSR count). The molecule has 1 aromatic carbocycles. The van der Waals surface area contributed by atoms with Crippen molar-refractivity contribution in [3.8, 4) is 0 Å². The Balaban J connectivity index is 2.67. The normalized spacial score (nSPS) is 13.4. The Morgan fingerprint density at radius 1 is 1.29 bits per heavy atom. The van der Waals surface area contributed by atoms with E-state index in [1.165, 1.54) is 24.8 Å². The van der Waals surface area contributed by atoms with Gasteiger partial charge in [-0.05, 0) is 25.8 Å². The van der Waals surface area contributed by atoms with Crippen LogP contribution < -0.4 is 5.32 Å². The molecule has 0 aliphatic rings. The molecule has 0 aromatic heterocycles. The van der Waals surface area contributed by atoms with Gasteiger partial charge in [0.1, 0.15) is 0 Å². The average molecular weight is 231 g/mol. The maximum atomic E-state index is 3.94. The summed E-state index contributed by atoms with van der Waals surface area (Å²) in [6.07, 6.45) is 5.69. The van der Waals surface area contributed by atoms with E-state index in [-0.39, 0.29) is 11.6 Å². The molecule has 1 unspecified atom stereocenters. The molecule has 0 aliphatic carbocycles. The van der Waals surface area contributed by atoms with Gasteiger partial charge < -0.3 is 5.32 Å². The zero-order chi connectivity index (χ0) is 12.7.